The van der Waals surface area contributed by atoms with Crippen LogP contribution in [0.1, 0.15) is 70.4 Å². The second-order valence-corrected chi connectivity index (χ2v) is 24.7. The number of alkyl halides is 2. The van der Waals surface area contributed by atoms with Gasteiger partial charge >= 0.3 is 32.4 Å². The van der Waals surface area contributed by atoms with Crippen LogP contribution in [-0.4, -0.2) is 166 Å². The van der Waals surface area contributed by atoms with Gasteiger partial charge in [0.1, 0.15) is 49.4 Å². The molecule has 0 bridgehead atoms. The van der Waals surface area contributed by atoms with E-state index in [0.29, 0.717) is 29.4 Å². The predicted molar refractivity (Wildman–Crippen MR) is 293 cm³/mol. The minimum Gasteiger partial charge on any atom is -0.779 e. The average molecular weight is 1440 g/mol. The molecule has 1 aromatic carbocycles. The van der Waals surface area contributed by atoms with E-state index in [4.69, 9.17) is 62.5 Å². The van der Waals surface area contributed by atoms with Gasteiger partial charge in [-0.25, -0.2) is 42.7 Å². The molecule has 1 radical (unpaired) electrons. The maximum Gasteiger partial charge on any atom is 0.472 e. The van der Waals surface area contributed by atoms with Crippen molar-refractivity contribution >= 4 is 103 Å². The van der Waals surface area contributed by atoms with Gasteiger partial charge in [-0.05, 0) is 54.7 Å². The van der Waals surface area contributed by atoms with Crippen LogP contribution < -0.4 is 43.6 Å². The Hall–Kier alpha value is -5.46. The topological polar surface area (TPSA) is 430 Å². The molecular formula is C47H58F2N13O19P2S2Tm-. The van der Waals surface area contributed by atoms with Gasteiger partial charge in [-0.2, -0.15) is 0 Å². The number of halogens is 2. The summed E-state index contributed by atoms with van der Waals surface area (Å²) in [5.74, 6) is -3.16. The van der Waals surface area contributed by atoms with Crippen LogP contribution in [0.15, 0.2) is 58.8 Å². The number of nitrogens with two attached hydrogens (primary N) is 1. The number of hydrogen-bond acceptors (Lipinski definition) is 22. The molecule has 4 saturated heterocycles. The van der Waals surface area contributed by atoms with Gasteiger partial charge in [-0.1, -0.05) is 37.7 Å². The van der Waals surface area contributed by atoms with Crippen molar-refractivity contribution in [1.82, 2.24) is 49.9 Å². The third-order valence-electron chi connectivity index (χ3n) is 13.5. The SMILES string of the molecule is CC(C)C(NC(=O)CCCCCN1C(=O)CC([S-])C1=O)C(=O)NC(CCNC(N)=O)C(=O)Nc1ccc(COC(=O)Nc2ncnc3c2ncn3[C@@H]2O[C@@H]3COP(O)(=S)O[C@H]4[C@@H](F)[C@H](n5ccc(=O)[nH]c5=O)O[C@@H]4COP(=O)(O)O[C@H]3[C@H]2F)cc1.[Tm]. The second-order valence-electron chi connectivity index (χ2n) is 20.0. The Kier molecular flexibility index (Phi) is 23.5. The van der Waals surface area contributed by atoms with Crippen LogP contribution in [0.4, 0.5) is 29.9 Å². The number of carbonyl (C=O) groups excluding carboxylic acids is 7. The van der Waals surface area contributed by atoms with Gasteiger partial charge < -0.3 is 68.2 Å². The maximum atomic E-state index is 16.5. The molecule has 10 N–H and O–H groups in total. The normalized spacial score (nSPS) is 27.3. The molecule has 4 aromatic rings. The molecule has 475 valence electrons. The van der Waals surface area contributed by atoms with Gasteiger partial charge in [-0.3, -0.25) is 66.7 Å². The first-order chi connectivity index (χ1) is 40.3. The number of rotatable bonds is 20. The number of aromatic amines is 1. The number of H-pyrrole nitrogens is 1. The number of imide groups is 1. The number of nitrogens with one attached hydrogen (secondary N) is 6. The molecule has 8 amide bonds. The summed E-state index contributed by atoms with van der Waals surface area (Å²) in [6.45, 7) is -3.22. The summed E-state index contributed by atoms with van der Waals surface area (Å²) in [5, 5.41) is 12.0. The number of imidazole rings is 1. The Bertz CT molecular complexity index is 3390. The zero-order valence-electron chi connectivity index (χ0n) is 45.2. The molecular weight excluding hydrogens is 1380 g/mol. The summed E-state index contributed by atoms with van der Waals surface area (Å²) in [5.41, 5.74) is 3.77. The standard InChI is InChI=1S/C47H59F2N13O19P2S2.Tm/c1-22(2)34(57-29(63)6-4-3-5-14-60-31(65)16-28(84)42(60)68)41(67)56-25(11-13-51-45(50)69)40(66)55-24-9-7-23(8-10-24)17-75-47(71)59-38-35-39(53-20-52-38)62(21-54-35)44-32(48)36-27(79-44)19-77-83(74,85)81-37-26(18-76-82(72,73)80-36)78-43(33(37)49)61-15-12-30(64)58-46(61)70;/h7-10,12,15,20-22,25-28,32-34,36-37,43-44,84H,3-6,11,13-14,16-19H2,1-2H3,(H,55,66)(H,56,67)(H,57,63)(H,72,73)(H,74,85)(H3,50,51,69)(H,58,64,70)(H,52,53,59,71);/p-1/t25?,26-,27-,28?,32-,33-,34?,36-,37-,43-,44-,83?;/m1./s1. The largest absolute Gasteiger partial charge is 0.779 e. The van der Waals surface area contributed by atoms with Crippen molar-refractivity contribution in [3.63, 3.8) is 0 Å². The van der Waals surface area contributed by atoms with Gasteiger partial charge in [0, 0.05) is 80.8 Å². The molecule has 0 aliphatic carbocycles. The second kappa shape index (κ2) is 29.7. The zero-order valence-corrected chi connectivity index (χ0v) is 50.4. The van der Waals surface area contributed by atoms with Crippen molar-refractivity contribution in [2.24, 2.45) is 11.7 Å². The Labute approximate surface area is 525 Å². The van der Waals surface area contributed by atoms with Gasteiger partial charge in [0.2, 0.25) is 29.5 Å². The number of carbonyl (C=O) groups is 7. The summed E-state index contributed by atoms with van der Waals surface area (Å²) in [6, 6.07) is 3.73. The minimum atomic E-state index is -5.30. The molecule has 32 nitrogen and oxygen atoms in total. The smallest absolute Gasteiger partial charge is 0.472 e. The number of phosphoric acid groups is 1. The van der Waals surface area contributed by atoms with E-state index in [1.807, 2.05) is 4.98 Å². The van der Waals surface area contributed by atoms with E-state index in [9.17, 15) is 57.5 Å². The number of benzene rings is 1. The van der Waals surface area contributed by atoms with Gasteiger partial charge in [-0.15, -0.1) is 0 Å². The number of aromatic nitrogens is 6. The number of primary amides is 1. The Balaban J connectivity index is 0.0000106. The number of fused-ring (bicyclic) bond motifs is 3. The van der Waals surface area contributed by atoms with Crippen LogP contribution >= 0.6 is 14.5 Å². The Morgan fingerprint density at radius 3 is 2.22 bits per heavy atom. The number of anilines is 2. The van der Waals surface area contributed by atoms with Crippen molar-refractivity contribution in [2.75, 3.05) is 36.9 Å². The van der Waals surface area contributed by atoms with E-state index in [1.54, 1.807) is 13.8 Å². The Morgan fingerprint density at radius 1 is 0.895 bits per heavy atom. The summed E-state index contributed by atoms with van der Waals surface area (Å²) in [4.78, 5) is 150. The number of nitrogens with zero attached hydrogens (tertiary/aromatic N) is 6. The fourth-order valence-corrected chi connectivity index (χ4v) is 11.9. The summed E-state index contributed by atoms with van der Waals surface area (Å²) in [7, 11) is -5.30. The Morgan fingerprint density at radius 2 is 1.57 bits per heavy atom. The van der Waals surface area contributed by atoms with Crippen molar-refractivity contribution in [1.29, 1.82) is 0 Å². The van der Waals surface area contributed by atoms with E-state index >= 15 is 8.78 Å². The molecule has 0 saturated carbocycles. The van der Waals surface area contributed by atoms with Crippen molar-refractivity contribution < 1.29 is 126 Å². The molecule has 4 fully saturated rings. The monoisotopic (exact) mass is 1440 g/mol. The van der Waals surface area contributed by atoms with Crippen molar-refractivity contribution in [3.05, 3.63) is 75.6 Å². The van der Waals surface area contributed by atoms with Gasteiger partial charge in [0.05, 0.1) is 19.5 Å². The third kappa shape index (κ3) is 17.2. The number of amides is 8. The number of phosphoric ester groups is 1. The van der Waals surface area contributed by atoms with Crippen LogP contribution in [0, 0.1) is 42.8 Å². The molecule has 4 aliphatic heterocycles. The summed E-state index contributed by atoms with van der Waals surface area (Å²) >= 11 is 10.1. The third-order valence-corrected chi connectivity index (χ3v) is 16.4. The number of likely N-dealkylation sites (tertiary alicyclic amines) is 1. The number of hydrogen-bond donors (Lipinski definition) is 9. The molecule has 39 heteroatoms. The van der Waals surface area contributed by atoms with Crippen molar-refractivity contribution in [2.45, 2.75) is 126 Å². The molecule has 8 rings (SSSR count). The van der Waals surface area contributed by atoms with Gasteiger partial charge in [0.25, 0.3) is 5.56 Å². The maximum absolute atomic E-state index is 16.5. The molecule has 3 aromatic heterocycles. The van der Waals surface area contributed by atoms with E-state index < -0.39 is 147 Å². The van der Waals surface area contributed by atoms with Crippen LogP contribution in [0.5, 0.6) is 0 Å². The summed E-state index contributed by atoms with van der Waals surface area (Å²) < 4.78 is 85.4. The van der Waals surface area contributed by atoms with Gasteiger partial charge in [0.15, 0.2) is 41.8 Å². The van der Waals surface area contributed by atoms with E-state index in [1.165, 1.54) is 24.3 Å². The number of unbranched alkanes of at least 4 members (excludes halogenated alkanes) is 2. The zero-order chi connectivity index (χ0) is 61.5. The van der Waals surface area contributed by atoms with Crippen LogP contribution in [0.3, 0.4) is 0 Å². The number of urea groups is 1. The molecule has 4 aliphatic rings. The predicted octanol–water partition coefficient (Wildman–Crippen LogP) is 0.588. The fraction of sp³-hybridized carbons (Fsp3) is 0.532. The molecule has 86 heavy (non-hydrogen) atoms. The van der Waals surface area contributed by atoms with Crippen LogP contribution in [-0.2, 0) is 91.9 Å². The average Bonchev–Trinajstić information content (AvgIpc) is 1.71. The number of ether oxygens (including phenoxy) is 3. The van der Waals surface area contributed by atoms with E-state index in [2.05, 4.69) is 41.5 Å². The molecule has 13 atom stereocenters. The van der Waals surface area contributed by atoms with E-state index in [0.717, 1.165) is 34.4 Å². The first-order valence-corrected chi connectivity index (χ1v) is 30.7. The minimum absolute atomic E-state index is 0. The van der Waals surface area contributed by atoms with E-state index in [-0.39, 0.29) is 104 Å². The summed E-state index contributed by atoms with van der Waals surface area (Å²) in [6.07, 6.45) is -12.2. The molecule has 7 heterocycles. The van der Waals surface area contributed by atoms with Crippen LogP contribution in [0.2, 0.25) is 0 Å². The molecule has 0 spiro atoms. The van der Waals surface area contributed by atoms with Crippen molar-refractivity contribution in [3.8, 4) is 0 Å². The van der Waals surface area contributed by atoms with Crippen LogP contribution in [0.25, 0.3) is 11.2 Å². The first kappa shape index (κ1) is 68.0. The molecule has 5 unspecified atom stereocenters. The quantitative estimate of drug-likeness (QED) is 0.0253. The first-order valence-electron chi connectivity index (χ1n) is 26.1. The fourth-order valence-electron chi connectivity index (χ4n) is 9.28.